The van der Waals surface area contributed by atoms with Gasteiger partial charge in [-0.3, -0.25) is 4.79 Å². The standard InChI is InChI=1S/C22H23ClN6O3/c1-27-9-8-16(19(27)13-30)25-22(31)18-11-24-21-17(10-20(23)26-29(18)21)28(2)12-14-4-6-15(32-3)7-5-14/h4-7,10-11,16H,8-9,12H2,1-3H3,(H,25,31)/t16-/m1/s1/i2D3. The van der Waals surface area contributed by atoms with E-state index < -0.39 is 18.9 Å². The van der Waals surface area contributed by atoms with E-state index in [2.05, 4.69) is 15.4 Å². The van der Waals surface area contributed by atoms with Crippen molar-refractivity contribution in [2.75, 3.05) is 32.6 Å². The Hall–Kier alpha value is -3.55. The van der Waals surface area contributed by atoms with Crippen molar-refractivity contribution in [3.63, 3.8) is 0 Å². The quantitative estimate of drug-likeness (QED) is 0.567. The van der Waals surface area contributed by atoms with Crippen molar-refractivity contribution in [2.45, 2.75) is 19.0 Å². The zero-order valence-electron chi connectivity index (χ0n) is 20.5. The third kappa shape index (κ3) is 4.12. The first-order chi connectivity index (χ1) is 16.6. The summed E-state index contributed by atoms with van der Waals surface area (Å²) in [6.45, 7) is -1.92. The maximum Gasteiger partial charge on any atom is 0.272 e. The number of carbonyl (C=O) groups is 1. The lowest BCUT2D eigenvalue weighted by atomic mass is 10.2. The Morgan fingerprint density at radius 3 is 2.91 bits per heavy atom. The van der Waals surface area contributed by atoms with Crippen LogP contribution in [0.4, 0.5) is 5.69 Å². The highest BCUT2D eigenvalue weighted by molar-refractivity contribution is 6.29. The number of imidazole rings is 1. The molecule has 1 atom stereocenters. The zero-order valence-corrected chi connectivity index (χ0v) is 18.3. The fourth-order valence-corrected chi connectivity index (χ4v) is 3.82. The van der Waals surface area contributed by atoms with Crippen LogP contribution < -0.4 is 15.0 Å². The second-order valence-corrected chi connectivity index (χ2v) is 7.78. The Labute approximate surface area is 194 Å². The van der Waals surface area contributed by atoms with Crippen molar-refractivity contribution < 1.29 is 18.4 Å². The van der Waals surface area contributed by atoms with Crippen LogP contribution in [0, 0.1) is 0 Å². The molecule has 1 amide bonds. The number of anilines is 1. The van der Waals surface area contributed by atoms with E-state index in [4.69, 9.17) is 20.5 Å². The van der Waals surface area contributed by atoms with Crippen LogP contribution in [0.1, 0.15) is 26.6 Å². The van der Waals surface area contributed by atoms with Gasteiger partial charge in [0.1, 0.15) is 17.4 Å². The van der Waals surface area contributed by atoms with Gasteiger partial charge >= 0.3 is 0 Å². The number of hydrogen-bond donors (Lipinski definition) is 1. The highest BCUT2D eigenvalue weighted by Gasteiger charge is 2.29. The first-order valence-electron chi connectivity index (χ1n) is 11.3. The number of amides is 1. The molecule has 1 aromatic carbocycles. The number of likely N-dealkylation sites (N-methyl/N-ethyl adjacent to an activating group) is 1. The normalized spacial score (nSPS) is 17.5. The van der Waals surface area contributed by atoms with Gasteiger partial charge in [-0.25, -0.2) is 14.3 Å². The SMILES string of the molecule is [2H]C([2H])([2H])N(Cc1ccc(OC)cc1)c1cc(Cl)nn2c(C(=O)N[C@@H]3CCN(C)C3=C=O)cnc12. The topological polar surface area (TPSA) is 92.1 Å². The van der Waals surface area contributed by atoms with Gasteiger partial charge in [-0.15, -0.1) is 0 Å². The molecule has 2 aromatic heterocycles. The molecule has 4 rings (SSSR count). The molecule has 0 radical (unpaired) electrons. The molecule has 0 saturated carbocycles. The third-order valence-electron chi connectivity index (χ3n) is 5.35. The Morgan fingerprint density at radius 2 is 2.22 bits per heavy atom. The minimum Gasteiger partial charge on any atom is -0.497 e. The van der Waals surface area contributed by atoms with Crippen molar-refractivity contribution in [1.29, 1.82) is 0 Å². The smallest absolute Gasteiger partial charge is 0.272 e. The molecule has 1 N–H and O–H groups in total. The molecule has 9 nitrogen and oxygen atoms in total. The van der Waals surface area contributed by atoms with E-state index >= 15 is 0 Å². The van der Waals surface area contributed by atoms with Crippen LogP contribution in [0.15, 0.2) is 42.2 Å². The lowest BCUT2D eigenvalue weighted by Crippen LogP contribution is -2.36. The fourth-order valence-electron chi connectivity index (χ4n) is 3.64. The lowest BCUT2D eigenvalue weighted by Gasteiger charge is -2.20. The van der Waals surface area contributed by atoms with E-state index in [9.17, 15) is 9.59 Å². The Morgan fingerprint density at radius 1 is 1.44 bits per heavy atom. The Kier molecular flexibility index (Phi) is 5.02. The number of rotatable bonds is 6. The molecule has 1 aliphatic rings. The van der Waals surface area contributed by atoms with Crippen LogP contribution in [0.25, 0.3) is 5.65 Å². The van der Waals surface area contributed by atoms with E-state index in [1.165, 1.54) is 21.7 Å². The number of benzene rings is 1. The van der Waals surface area contributed by atoms with Crippen LogP contribution in [0.3, 0.4) is 0 Å². The highest BCUT2D eigenvalue weighted by Crippen LogP contribution is 2.26. The zero-order chi connectivity index (χ0) is 25.3. The summed E-state index contributed by atoms with van der Waals surface area (Å²) in [6, 6.07) is 7.91. The minimum atomic E-state index is -2.54. The number of nitrogens with zero attached hydrogens (tertiary/aromatic N) is 5. The van der Waals surface area contributed by atoms with Crippen molar-refractivity contribution in [1.82, 2.24) is 24.8 Å². The molecule has 0 unspecified atom stereocenters. The Bertz CT molecular complexity index is 1300. The first kappa shape index (κ1) is 18.1. The van der Waals surface area contributed by atoms with Crippen LogP contribution in [-0.2, 0) is 11.3 Å². The van der Waals surface area contributed by atoms with Crippen molar-refractivity contribution in [2.24, 2.45) is 0 Å². The van der Waals surface area contributed by atoms with Gasteiger partial charge in [0, 0.05) is 37.3 Å². The second kappa shape index (κ2) is 8.90. The van der Waals surface area contributed by atoms with Crippen molar-refractivity contribution in [3.8, 4) is 5.75 Å². The third-order valence-corrected chi connectivity index (χ3v) is 5.53. The minimum absolute atomic E-state index is 0.0161. The summed E-state index contributed by atoms with van der Waals surface area (Å²) in [5, 5.41) is 6.95. The largest absolute Gasteiger partial charge is 0.497 e. The van der Waals surface area contributed by atoms with Gasteiger partial charge in [0.25, 0.3) is 5.91 Å². The lowest BCUT2D eigenvalue weighted by molar-refractivity contribution is 0.0936. The number of fused-ring (bicyclic) bond motifs is 1. The summed E-state index contributed by atoms with van der Waals surface area (Å²) in [4.78, 5) is 31.5. The monoisotopic (exact) mass is 457 g/mol. The summed E-state index contributed by atoms with van der Waals surface area (Å²) in [7, 11) is 3.30. The molecule has 166 valence electrons. The molecule has 3 heterocycles. The molecular weight excluding hydrogens is 432 g/mol. The van der Waals surface area contributed by atoms with Gasteiger partial charge in [0.2, 0.25) is 0 Å². The average molecular weight is 458 g/mol. The maximum atomic E-state index is 13.0. The van der Waals surface area contributed by atoms with Gasteiger partial charge in [-0.2, -0.15) is 5.10 Å². The first-order valence-corrected chi connectivity index (χ1v) is 10.2. The summed E-state index contributed by atoms with van der Waals surface area (Å²) in [6.07, 6.45) is 1.85. The maximum absolute atomic E-state index is 13.0. The molecule has 32 heavy (non-hydrogen) atoms. The van der Waals surface area contributed by atoms with E-state index in [1.807, 2.05) is 5.94 Å². The molecule has 1 aliphatic heterocycles. The number of halogens is 1. The van der Waals surface area contributed by atoms with Crippen LogP contribution >= 0.6 is 11.6 Å². The molecule has 10 heteroatoms. The highest BCUT2D eigenvalue weighted by atomic mass is 35.5. The van der Waals surface area contributed by atoms with Crippen molar-refractivity contribution >= 4 is 34.8 Å². The predicted octanol–water partition coefficient (Wildman–Crippen LogP) is 2.18. The molecule has 1 saturated heterocycles. The number of aromatic nitrogens is 3. The summed E-state index contributed by atoms with van der Waals surface area (Å²) >= 11 is 6.25. The summed E-state index contributed by atoms with van der Waals surface area (Å²) in [5.74, 6) is 1.99. The van der Waals surface area contributed by atoms with Crippen LogP contribution in [0.5, 0.6) is 5.75 Å². The van der Waals surface area contributed by atoms with E-state index in [-0.39, 0.29) is 28.7 Å². The van der Waals surface area contributed by atoms with Crippen molar-refractivity contribution in [3.05, 3.63) is 58.6 Å². The number of methoxy groups -OCH3 is 1. The molecule has 3 aromatic rings. The van der Waals surface area contributed by atoms with Gasteiger partial charge in [0.05, 0.1) is 25.0 Å². The molecule has 0 spiro atoms. The van der Waals surface area contributed by atoms with Crippen LogP contribution in [-0.4, -0.2) is 65.1 Å². The summed E-state index contributed by atoms with van der Waals surface area (Å²) in [5.41, 5.74) is 1.47. The van der Waals surface area contributed by atoms with E-state index in [0.717, 1.165) is 5.56 Å². The van der Waals surface area contributed by atoms with Gasteiger partial charge in [-0.1, -0.05) is 23.7 Å². The Balaban J connectivity index is 1.70. The average Bonchev–Trinajstić information content (AvgIpc) is 3.39. The number of carbonyl (C=O) groups excluding carboxylic acids is 2. The van der Waals surface area contributed by atoms with Gasteiger partial charge < -0.3 is 19.9 Å². The van der Waals surface area contributed by atoms with Crippen LogP contribution in [0.2, 0.25) is 5.15 Å². The summed E-state index contributed by atoms with van der Waals surface area (Å²) < 4.78 is 30.7. The number of ether oxygens (including phenoxy) is 1. The molecule has 1 fully saturated rings. The predicted molar refractivity (Wildman–Crippen MR) is 121 cm³/mol. The number of hydrogen-bond acceptors (Lipinski definition) is 7. The fraction of sp³-hybridized carbons (Fsp3) is 0.318. The molecule has 0 aliphatic carbocycles. The van der Waals surface area contributed by atoms with Gasteiger partial charge in [0.15, 0.2) is 16.5 Å². The van der Waals surface area contributed by atoms with Gasteiger partial charge in [-0.05, 0) is 24.1 Å². The molecule has 0 bridgehead atoms. The number of nitrogens with one attached hydrogen (secondary N) is 1. The number of likely N-dealkylation sites (tertiary alicyclic amines) is 1. The van der Waals surface area contributed by atoms with E-state index in [1.54, 1.807) is 43.3 Å². The molecular formula is C22H23ClN6O3. The second-order valence-electron chi connectivity index (χ2n) is 7.39. The van der Waals surface area contributed by atoms with E-state index in [0.29, 0.717) is 24.4 Å².